The molecule has 0 spiro atoms. The Hall–Kier alpha value is -1.92. The fourth-order valence-corrected chi connectivity index (χ4v) is 5.05. The van der Waals surface area contributed by atoms with Gasteiger partial charge in [0.25, 0.3) is 0 Å². The van der Waals surface area contributed by atoms with Gasteiger partial charge in [-0.15, -0.1) is 0 Å². The van der Waals surface area contributed by atoms with Crippen LogP contribution in [0.3, 0.4) is 0 Å². The number of nitrogens with one attached hydrogen (secondary N) is 2. The summed E-state index contributed by atoms with van der Waals surface area (Å²) in [6.07, 6.45) is 2.03. The van der Waals surface area contributed by atoms with Gasteiger partial charge in [0.2, 0.25) is 11.8 Å². The molecule has 0 radical (unpaired) electrons. The second-order valence-corrected chi connectivity index (χ2v) is 9.93. The molecule has 0 saturated carbocycles. The van der Waals surface area contributed by atoms with E-state index in [0.29, 0.717) is 13.1 Å². The van der Waals surface area contributed by atoms with E-state index in [1.165, 1.54) is 0 Å². The van der Waals surface area contributed by atoms with Crippen molar-refractivity contribution in [1.82, 2.24) is 20.4 Å². The van der Waals surface area contributed by atoms with Gasteiger partial charge in [0, 0.05) is 43.8 Å². The quantitative estimate of drug-likeness (QED) is 0.795. The minimum absolute atomic E-state index is 0.0253. The number of carbonyl (C=O) groups excluding carboxylic acids is 2. The maximum absolute atomic E-state index is 13.2. The molecule has 0 aromatic heterocycles. The average molecular weight is 401 g/mol. The molecule has 160 valence electrons. The molecule has 2 saturated heterocycles. The van der Waals surface area contributed by atoms with Crippen molar-refractivity contribution < 1.29 is 9.59 Å². The van der Waals surface area contributed by atoms with E-state index in [1.54, 1.807) is 0 Å². The average Bonchev–Trinajstić information content (AvgIpc) is 2.62. The van der Waals surface area contributed by atoms with Crippen LogP contribution in [0, 0.1) is 0 Å². The van der Waals surface area contributed by atoms with Crippen LogP contribution in [0.25, 0.3) is 0 Å². The Morgan fingerprint density at radius 2 is 1.76 bits per heavy atom. The molecule has 0 bridgehead atoms. The Morgan fingerprint density at radius 3 is 2.38 bits per heavy atom. The lowest BCUT2D eigenvalue weighted by atomic mass is 9.79. The highest BCUT2D eigenvalue weighted by Crippen LogP contribution is 2.31. The SMILES string of the molecule is CN(C(=O)C[C@H]1C(=O)NCCN1Cc1ccccc1)C1CC(C)(C)NC(C)(C)C1. The van der Waals surface area contributed by atoms with Crippen molar-refractivity contribution in [3.05, 3.63) is 35.9 Å². The first kappa shape index (κ1) is 21.8. The zero-order valence-electron chi connectivity index (χ0n) is 18.5. The molecule has 1 aromatic rings. The first-order valence-electron chi connectivity index (χ1n) is 10.7. The number of benzene rings is 1. The van der Waals surface area contributed by atoms with Crippen LogP contribution >= 0.6 is 0 Å². The third kappa shape index (κ3) is 5.58. The zero-order valence-corrected chi connectivity index (χ0v) is 18.5. The second-order valence-electron chi connectivity index (χ2n) is 9.93. The lowest BCUT2D eigenvalue weighted by molar-refractivity contribution is -0.140. The minimum atomic E-state index is -0.415. The molecule has 0 unspecified atom stereocenters. The number of carbonyl (C=O) groups is 2. The Kier molecular flexibility index (Phi) is 6.34. The monoisotopic (exact) mass is 400 g/mol. The number of hydrogen-bond acceptors (Lipinski definition) is 4. The molecule has 2 aliphatic heterocycles. The summed E-state index contributed by atoms with van der Waals surface area (Å²) in [5.41, 5.74) is 1.11. The largest absolute Gasteiger partial charge is 0.353 e. The van der Waals surface area contributed by atoms with Crippen LogP contribution < -0.4 is 10.6 Å². The van der Waals surface area contributed by atoms with E-state index >= 15 is 0 Å². The molecular weight excluding hydrogens is 364 g/mol. The van der Waals surface area contributed by atoms with E-state index in [2.05, 4.69) is 55.4 Å². The van der Waals surface area contributed by atoms with Gasteiger partial charge in [0.15, 0.2) is 0 Å². The molecule has 2 amide bonds. The number of nitrogens with zero attached hydrogens (tertiary/aromatic N) is 2. The fraction of sp³-hybridized carbons (Fsp3) is 0.652. The zero-order chi connectivity index (χ0) is 21.2. The van der Waals surface area contributed by atoms with Crippen molar-refractivity contribution in [3.8, 4) is 0 Å². The molecule has 3 rings (SSSR count). The highest BCUT2D eigenvalue weighted by Gasteiger charge is 2.41. The summed E-state index contributed by atoms with van der Waals surface area (Å²) in [4.78, 5) is 29.8. The number of hydrogen-bond donors (Lipinski definition) is 2. The van der Waals surface area contributed by atoms with Gasteiger partial charge in [0.05, 0.1) is 12.5 Å². The molecule has 2 fully saturated rings. The normalized spacial score (nSPS) is 24.7. The first-order valence-corrected chi connectivity index (χ1v) is 10.7. The Labute approximate surface area is 175 Å². The summed E-state index contributed by atoms with van der Waals surface area (Å²) in [5.74, 6) is 0.00325. The van der Waals surface area contributed by atoms with Crippen molar-refractivity contribution in [2.24, 2.45) is 0 Å². The minimum Gasteiger partial charge on any atom is -0.353 e. The highest BCUT2D eigenvalue weighted by atomic mass is 16.2. The van der Waals surface area contributed by atoms with E-state index in [9.17, 15) is 9.59 Å². The Bertz CT molecular complexity index is 716. The summed E-state index contributed by atoms with van der Waals surface area (Å²) < 4.78 is 0. The molecule has 29 heavy (non-hydrogen) atoms. The van der Waals surface area contributed by atoms with Crippen LogP contribution in [0.4, 0.5) is 0 Å². The van der Waals surface area contributed by atoms with Crippen LogP contribution in [0.5, 0.6) is 0 Å². The van der Waals surface area contributed by atoms with Gasteiger partial charge in [0.1, 0.15) is 0 Å². The molecule has 2 N–H and O–H groups in total. The predicted molar refractivity (Wildman–Crippen MR) is 115 cm³/mol. The van der Waals surface area contributed by atoms with Gasteiger partial charge in [-0.25, -0.2) is 0 Å². The lowest BCUT2D eigenvalue weighted by Crippen LogP contribution is -2.63. The fourth-order valence-electron chi connectivity index (χ4n) is 5.05. The van der Waals surface area contributed by atoms with Gasteiger partial charge < -0.3 is 15.5 Å². The molecular formula is C23H36N4O2. The smallest absolute Gasteiger partial charge is 0.237 e. The van der Waals surface area contributed by atoms with Crippen molar-refractivity contribution in [2.75, 3.05) is 20.1 Å². The molecule has 0 aliphatic carbocycles. The summed E-state index contributed by atoms with van der Waals surface area (Å²) in [6, 6.07) is 9.89. The van der Waals surface area contributed by atoms with Crippen LogP contribution in [-0.2, 0) is 16.1 Å². The van der Waals surface area contributed by atoms with Crippen molar-refractivity contribution in [3.63, 3.8) is 0 Å². The third-order valence-electron chi connectivity index (χ3n) is 6.15. The number of rotatable bonds is 5. The number of piperazine rings is 1. The third-order valence-corrected chi connectivity index (χ3v) is 6.15. The van der Waals surface area contributed by atoms with Crippen molar-refractivity contribution in [1.29, 1.82) is 0 Å². The van der Waals surface area contributed by atoms with Crippen molar-refractivity contribution in [2.45, 2.75) is 76.7 Å². The Morgan fingerprint density at radius 1 is 1.14 bits per heavy atom. The molecule has 6 nitrogen and oxygen atoms in total. The summed E-state index contributed by atoms with van der Waals surface area (Å²) in [6.45, 7) is 10.8. The van der Waals surface area contributed by atoms with E-state index in [-0.39, 0.29) is 35.4 Å². The van der Waals surface area contributed by atoms with Crippen LogP contribution in [0.15, 0.2) is 30.3 Å². The molecule has 6 heteroatoms. The predicted octanol–water partition coefficient (Wildman–Crippen LogP) is 2.14. The van der Waals surface area contributed by atoms with Crippen LogP contribution in [0.1, 0.15) is 52.5 Å². The number of piperidine rings is 1. The van der Waals surface area contributed by atoms with Gasteiger partial charge in [-0.3, -0.25) is 14.5 Å². The van der Waals surface area contributed by atoms with Crippen LogP contribution in [0.2, 0.25) is 0 Å². The van der Waals surface area contributed by atoms with Crippen LogP contribution in [-0.4, -0.2) is 64.9 Å². The summed E-state index contributed by atoms with van der Waals surface area (Å²) in [5, 5.41) is 6.60. The van der Waals surface area contributed by atoms with E-state index < -0.39 is 6.04 Å². The van der Waals surface area contributed by atoms with Gasteiger partial charge in [-0.1, -0.05) is 30.3 Å². The van der Waals surface area contributed by atoms with E-state index in [0.717, 1.165) is 24.9 Å². The Balaban J connectivity index is 1.68. The molecule has 2 heterocycles. The van der Waals surface area contributed by atoms with E-state index in [4.69, 9.17) is 0 Å². The molecule has 1 atom stereocenters. The van der Waals surface area contributed by atoms with Gasteiger partial charge in [-0.2, -0.15) is 0 Å². The maximum Gasteiger partial charge on any atom is 0.237 e. The summed E-state index contributed by atoms with van der Waals surface area (Å²) in [7, 11) is 1.90. The topological polar surface area (TPSA) is 64.7 Å². The van der Waals surface area contributed by atoms with Crippen molar-refractivity contribution >= 4 is 11.8 Å². The van der Waals surface area contributed by atoms with Gasteiger partial charge >= 0.3 is 0 Å². The lowest BCUT2D eigenvalue weighted by Gasteiger charge is -2.49. The molecule has 2 aliphatic rings. The number of amides is 2. The van der Waals surface area contributed by atoms with E-state index in [1.807, 2.05) is 30.1 Å². The second kappa shape index (κ2) is 8.44. The first-order chi connectivity index (χ1) is 13.6. The molecule has 1 aromatic carbocycles. The maximum atomic E-state index is 13.2. The summed E-state index contributed by atoms with van der Waals surface area (Å²) >= 11 is 0. The highest BCUT2D eigenvalue weighted by molar-refractivity contribution is 5.88. The standard InChI is InChI=1S/C23H36N4O2/c1-22(2)14-18(15-23(3,4)25-22)26(5)20(28)13-19-21(29)24-11-12-27(19)16-17-9-7-6-8-10-17/h6-10,18-19,25H,11-16H2,1-5H3,(H,24,29)/t19-/m0/s1. The van der Waals surface area contributed by atoms with Gasteiger partial charge in [-0.05, 0) is 46.1 Å².